The number of piperidine rings is 1. The van der Waals surface area contributed by atoms with Gasteiger partial charge in [0.05, 0.1) is 36.3 Å². The monoisotopic (exact) mass is 506 g/mol. The molecule has 4 aliphatic heterocycles. The Morgan fingerprint density at radius 2 is 1.51 bits per heavy atom. The van der Waals surface area contributed by atoms with Crippen molar-refractivity contribution in [1.29, 1.82) is 0 Å². The summed E-state index contributed by atoms with van der Waals surface area (Å²) in [5.74, 6) is -0.125. The first kappa shape index (κ1) is 24.8. The van der Waals surface area contributed by atoms with Crippen LogP contribution >= 0.6 is 0 Å². The van der Waals surface area contributed by atoms with Crippen LogP contribution in [0.15, 0.2) is 24.3 Å². The SMILES string of the molecule is CS(=O)(=O)N1CCC2(CC1)CC(CCN1CCN(c3ccccc3N3CCOCC3)CC1)OC2=O. The number of anilines is 2. The lowest BCUT2D eigenvalue weighted by Crippen LogP contribution is -2.47. The molecule has 1 aromatic rings. The molecule has 4 saturated heterocycles. The van der Waals surface area contributed by atoms with Crippen LogP contribution in [-0.2, 0) is 24.3 Å². The third-order valence-corrected chi connectivity index (χ3v) is 9.49. The zero-order valence-corrected chi connectivity index (χ0v) is 21.5. The summed E-state index contributed by atoms with van der Waals surface area (Å²) in [7, 11) is -3.20. The van der Waals surface area contributed by atoms with Crippen molar-refractivity contribution in [2.24, 2.45) is 5.41 Å². The van der Waals surface area contributed by atoms with Gasteiger partial charge in [-0.1, -0.05) is 12.1 Å². The van der Waals surface area contributed by atoms with Crippen molar-refractivity contribution in [2.45, 2.75) is 31.8 Å². The van der Waals surface area contributed by atoms with Gasteiger partial charge in [-0.25, -0.2) is 12.7 Å². The van der Waals surface area contributed by atoms with Crippen molar-refractivity contribution < 1.29 is 22.7 Å². The van der Waals surface area contributed by atoms with Crippen LogP contribution in [-0.4, -0.2) is 108 Å². The molecule has 0 aliphatic carbocycles. The van der Waals surface area contributed by atoms with Crippen LogP contribution in [0.3, 0.4) is 0 Å². The minimum absolute atomic E-state index is 0.0626. The summed E-state index contributed by atoms with van der Waals surface area (Å²) in [6.07, 6.45) is 3.87. The van der Waals surface area contributed by atoms with E-state index in [-0.39, 0.29) is 12.1 Å². The number of para-hydroxylation sites is 2. The van der Waals surface area contributed by atoms with Gasteiger partial charge in [0.1, 0.15) is 6.10 Å². The van der Waals surface area contributed by atoms with Crippen LogP contribution in [0.25, 0.3) is 0 Å². The van der Waals surface area contributed by atoms with E-state index in [1.165, 1.54) is 21.9 Å². The first-order chi connectivity index (χ1) is 16.8. The normalized spacial score (nSPS) is 26.3. The molecular weight excluding hydrogens is 468 g/mol. The van der Waals surface area contributed by atoms with Crippen molar-refractivity contribution in [2.75, 3.05) is 88.2 Å². The first-order valence-electron chi connectivity index (χ1n) is 12.9. The van der Waals surface area contributed by atoms with E-state index in [0.717, 1.165) is 71.9 Å². The number of hydrogen-bond acceptors (Lipinski definition) is 8. The van der Waals surface area contributed by atoms with E-state index < -0.39 is 15.4 Å². The van der Waals surface area contributed by atoms with Crippen LogP contribution in [0, 0.1) is 5.41 Å². The molecule has 1 unspecified atom stereocenters. The first-order valence-corrected chi connectivity index (χ1v) is 14.7. The van der Waals surface area contributed by atoms with Gasteiger partial charge in [0, 0.05) is 65.3 Å². The summed E-state index contributed by atoms with van der Waals surface area (Å²) in [5.41, 5.74) is 2.11. The fraction of sp³-hybridized carbons (Fsp3) is 0.720. The van der Waals surface area contributed by atoms with Crippen molar-refractivity contribution in [3.63, 3.8) is 0 Å². The fourth-order valence-electron chi connectivity index (χ4n) is 5.99. The number of rotatable bonds is 6. The molecule has 1 aromatic carbocycles. The quantitative estimate of drug-likeness (QED) is 0.536. The van der Waals surface area contributed by atoms with Crippen molar-refractivity contribution in [3.05, 3.63) is 24.3 Å². The number of sulfonamides is 1. The second-order valence-electron chi connectivity index (χ2n) is 10.4. The number of benzene rings is 1. The van der Waals surface area contributed by atoms with Crippen LogP contribution < -0.4 is 9.80 Å². The lowest BCUT2D eigenvalue weighted by Gasteiger charge is -2.39. The molecule has 9 nitrogen and oxygen atoms in total. The standard InChI is InChI=1S/C25H38N4O5S/c1-35(31,32)29-10-7-25(8-11-29)20-21(34-24(25)30)6-9-26-12-14-27(15-13-26)22-4-2-3-5-23(22)28-16-18-33-19-17-28/h2-5,21H,6-20H2,1H3. The molecule has 5 rings (SSSR count). The van der Waals surface area contributed by atoms with E-state index in [0.29, 0.717) is 25.9 Å². The van der Waals surface area contributed by atoms with E-state index in [4.69, 9.17) is 9.47 Å². The number of carbonyl (C=O) groups excluding carboxylic acids is 1. The van der Waals surface area contributed by atoms with E-state index in [1.807, 2.05) is 0 Å². The number of esters is 1. The Balaban J connectivity index is 1.10. The average molecular weight is 507 g/mol. The smallest absolute Gasteiger partial charge is 0.312 e. The number of nitrogens with zero attached hydrogens (tertiary/aromatic N) is 4. The molecule has 1 spiro atoms. The number of cyclic esters (lactones) is 1. The second-order valence-corrected chi connectivity index (χ2v) is 12.4. The number of morpholine rings is 1. The Morgan fingerprint density at radius 1 is 0.914 bits per heavy atom. The highest BCUT2D eigenvalue weighted by atomic mass is 32.2. The van der Waals surface area contributed by atoms with E-state index in [2.05, 4.69) is 39.0 Å². The van der Waals surface area contributed by atoms with Gasteiger partial charge in [-0.15, -0.1) is 0 Å². The predicted octanol–water partition coefficient (Wildman–Crippen LogP) is 1.39. The van der Waals surface area contributed by atoms with Gasteiger partial charge in [0.15, 0.2) is 0 Å². The van der Waals surface area contributed by atoms with Gasteiger partial charge in [-0.05, 0) is 31.4 Å². The minimum Gasteiger partial charge on any atom is -0.462 e. The van der Waals surface area contributed by atoms with Gasteiger partial charge in [0.2, 0.25) is 10.0 Å². The second kappa shape index (κ2) is 10.2. The minimum atomic E-state index is -3.20. The highest BCUT2D eigenvalue weighted by Gasteiger charge is 2.51. The highest BCUT2D eigenvalue weighted by Crippen LogP contribution is 2.44. The fourth-order valence-corrected chi connectivity index (χ4v) is 6.84. The molecule has 10 heteroatoms. The van der Waals surface area contributed by atoms with Crippen molar-refractivity contribution in [1.82, 2.24) is 9.21 Å². The number of piperazine rings is 1. The van der Waals surface area contributed by atoms with Crippen LogP contribution in [0.2, 0.25) is 0 Å². The molecule has 0 amide bonds. The summed E-state index contributed by atoms with van der Waals surface area (Å²) in [5, 5.41) is 0. The Morgan fingerprint density at radius 3 is 2.11 bits per heavy atom. The molecule has 4 heterocycles. The Hall–Kier alpha value is -1.88. The molecule has 1 atom stereocenters. The molecule has 4 fully saturated rings. The van der Waals surface area contributed by atoms with E-state index in [1.54, 1.807) is 0 Å². The van der Waals surface area contributed by atoms with Gasteiger partial charge >= 0.3 is 5.97 Å². The molecule has 194 valence electrons. The maximum atomic E-state index is 12.7. The third kappa shape index (κ3) is 5.45. The summed E-state index contributed by atoms with van der Waals surface area (Å²) in [4.78, 5) is 20.1. The van der Waals surface area contributed by atoms with Crippen LogP contribution in [0.1, 0.15) is 25.7 Å². The largest absolute Gasteiger partial charge is 0.462 e. The van der Waals surface area contributed by atoms with Crippen LogP contribution in [0.4, 0.5) is 11.4 Å². The summed E-state index contributed by atoms with van der Waals surface area (Å²) < 4.78 is 36.4. The van der Waals surface area contributed by atoms with E-state index in [9.17, 15) is 13.2 Å². The van der Waals surface area contributed by atoms with Crippen molar-refractivity contribution >= 4 is 27.4 Å². The molecule has 0 bridgehead atoms. The van der Waals surface area contributed by atoms with Crippen molar-refractivity contribution in [3.8, 4) is 0 Å². The molecule has 0 saturated carbocycles. The van der Waals surface area contributed by atoms with E-state index >= 15 is 0 Å². The molecular formula is C25H38N4O5S. The summed E-state index contributed by atoms with van der Waals surface area (Å²) >= 11 is 0. The summed E-state index contributed by atoms with van der Waals surface area (Å²) in [6, 6.07) is 8.69. The third-order valence-electron chi connectivity index (χ3n) is 8.19. The number of ether oxygens (including phenoxy) is 2. The number of hydrogen-bond donors (Lipinski definition) is 0. The molecule has 4 aliphatic rings. The Labute approximate surface area is 209 Å². The maximum Gasteiger partial charge on any atom is 0.312 e. The Kier molecular flexibility index (Phi) is 7.25. The molecule has 35 heavy (non-hydrogen) atoms. The zero-order chi connectivity index (χ0) is 24.5. The van der Waals surface area contributed by atoms with Crippen LogP contribution in [0.5, 0.6) is 0 Å². The van der Waals surface area contributed by atoms with Gasteiger partial charge < -0.3 is 19.3 Å². The number of carbonyl (C=O) groups is 1. The zero-order valence-electron chi connectivity index (χ0n) is 20.7. The average Bonchev–Trinajstić information content (AvgIpc) is 3.17. The molecule has 0 radical (unpaired) electrons. The molecule has 0 aromatic heterocycles. The lowest BCUT2D eigenvalue weighted by molar-refractivity contribution is -0.150. The van der Waals surface area contributed by atoms with Gasteiger partial charge in [-0.3, -0.25) is 9.69 Å². The topological polar surface area (TPSA) is 82.6 Å². The predicted molar refractivity (Wildman–Crippen MR) is 135 cm³/mol. The highest BCUT2D eigenvalue weighted by molar-refractivity contribution is 7.88. The lowest BCUT2D eigenvalue weighted by atomic mass is 9.76. The maximum absolute atomic E-state index is 12.7. The summed E-state index contributed by atoms with van der Waals surface area (Å²) in [6.45, 7) is 9.13. The van der Waals surface area contributed by atoms with Gasteiger partial charge in [-0.2, -0.15) is 0 Å². The Bertz CT molecular complexity index is 997. The molecule has 0 N–H and O–H groups in total. The van der Waals surface area contributed by atoms with Gasteiger partial charge in [0.25, 0.3) is 0 Å².